The highest BCUT2D eigenvalue weighted by Crippen LogP contribution is 2.28. The van der Waals surface area contributed by atoms with Gasteiger partial charge in [-0.15, -0.1) is 0 Å². The number of nitrogen functional groups attached to an aromatic ring is 1. The van der Waals surface area contributed by atoms with Crippen LogP contribution in [0.15, 0.2) is 11.0 Å². The van der Waals surface area contributed by atoms with Gasteiger partial charge in [0.1, 0.15) is 24.1 Å². The highest BCUT2D eigenvalue weighted by molar-refractivity contribution is 5.35. The van der Waals surface area contributed by atoms with E-state index in [4.69, 9.17) is 16.2 Å². The minimum atomic E-state index is -1.24. The Morgan fingerprint density at radius 3 is 2.72 bits per heavy atom. The van der Waals surface area contributed by atoms with Gasteiger partial charge in [-0.1, -0.05) is 0 Å². The normalized spacial score (nSPS) is 31.8. The number of rotatable bonds is 2. The second-order valence-electron chi connectivity index (χ2n) is 4.28. The molecule has 8 nitrogen and oxygen atoms in total. The van der Waals surface area contributed by atoms with E-state index in [1.165, 1.54) is 6.20 Å². The van der Waals surface area contributed by atoms with Gasteiger partial charge in [0.15, 0.2) is 6.23 Å². The number of nitrogens with two attached hydrogens (primary N) is 2. The smallest absolute Gasteiger partial charge is 0.351 e. The lowest BCUT2D eigenvalue weighted by Crippen LogP contribution is -2.37. The molecule has 6 N–H and O–H groups in total. The first-order valence-corrected chi connectivity index (χ1v) is 5.52. The van der Waals surface area contributed by atoms with E-state index in [1.54, 1.807) is 6.92 Å². The van der Waals surface area contributed by atoms with Crippen molar-refractivity contribution in [3.05, 3.63) is 22.2 Å². The number of hydrogen-bond donors (Lipinski definition) is 4. The summed E-state index contributed by atoms with van der Waals surface area (Å²) in [4.78, 5) is 15.3. The van der Waals surface area contributed by atoms with E-state index in [0.29, 0.717) is 5.56 Å². The Bertz CT molecular complexity index is 503. The van der Waals surface area contributed by atoms with Crippen LogP contribution in [0.3, 0.4) is 0 Å². The number of anilines is 1. The van der Waals surface area contributed by atoms with Gasteiger partial charge in [0.05, 0.1) is 0 Å². The molecule has 1 saturated heterocycles. The maximum Gasteiger partial charge on any atom is 0.351 e. The summed E-state index contributed by atoms with van der Waals surface area (Å²) in [5.41, 5.74) is 10.8. The molecule has 0 spiro atoms. The van der Waals surface area contributed by atoms with Crippen molar-refractivity contribution in [2.45, 2.75) is 31.5 Å². The molecule has 18 heavy (non-hydrogen) atoms. The first-order chi connectivity index (χ1) is 8.45. The van der Waals surface area contributed by atoms with Crippen LogP contribution in [-0.4, -0.2) is 44.6 Å². The summed E-state index contributed by atoms with van der Waals surface area (Å²) in [5.74, 6) is 0.125. The van der Waals surface area contributed by atoms with Crippen LogP contribution >= 0.6 is 0 Å². The Morgan fingerprint density at radius 1 is 1.50 bits per heavy atom. The van der Waals surface area contributed by atoms with Gasteiger partial charge in [0.2, 0.25) is 0 Å². The van der Waals surface area contributed by atoms with Crippen LogP contribution < -0.4 is 17.2 Å². The number of aliphatic hydroxyl groups is 2. The van der Waals surface area contributed by atoms with Crippen LogP contribution in [0.4, 0.5) is 5.82 Å². The summed E-state index contributed by atoms with van der Waals surface area (Å²) in [7, 11) is 0. The molecule has 2 heterocycles. The number of hydrogen-bond acceptors (Lipinski definition) is 7. The molecule has 0 bridgehead atoms. The standard InChI is InChI=1S/C10H16N4O4/c1-4-3-14(10(17)13-8(4)12)9-7(16)6(15)5(2-11)18-9/h3,5-7,9,15-16H,2,11H2,1H3,(H2,12,13,17)/t5-,6?,7+,9-/m1/s1. The molecule has 0 radical (unpaired) electrons. The molecule has 1 aliphatic rings. The van der Waals surface area contributed by atoms with Gasteiger partial charge in [-0.25, -0.2) is 4.79 Å². The largest absolute Gasteiger partial charge is 0.387 e. The minimum Gasteiger partial charge on any atom is -0.387 e. The molecule has 8 heteroatoms. The molecule has 1 unspecified atom stereocenters. The van der Waals surface area contributed by atoms with Crippen LogP contribution in [0.1, 0.15) is 11.8 Å². The Hall–Kier alpha value is -1.48. The van der Waals surface area contributed by atoms with Crippen LogP contribution in [0.2, 0.25) is 0 Å². The Labute approximate surface area is 103 Å². The molecule has 1 aliphatic heterocycles. The summed E-state index contributed by atoms with van der Waals surface area (Å²) < 4.78 is 6.46. The maximum absolute atomic E-state index is 11.7. The van der Waals surface area contributed by atoms with E-state index < -0.39 is 30.2 Å². The first-order valence-electron chi connectivity index (χ1n) is 5.52. The third-order valence-electron chi connectivity index (χ3n) is 3.02. The second-order valence-corrected chi connectivity index (χ2v) is 4.28. The number of ether oxygens (including phenoxy) is 1. The van der Waals surface area contributed by atoms with Gasteiger partial charge >= 0.3 is 5.69 Å². The van der Waals surface area contributed by atoms with E-state index in [-0.39, 0.29) is 12.4 Å². The lowest BCUT2D eigenvalue weighted by Gasteiger charge is -2.17. The van der Waals surface area contributed by atoms with Crippen LogP contribution in [0, 0.1) is 6.92 Å². The highest BCUT2D eigenvalue weighted by atomic mass is 16.6. The molecule has 0 amide bonds. The Morgan fingerprint density at radius 2 is 2.17 bits per heavy atom. The van der Waals surface area contributed by atoms with E-state index in [2.05, 4.69) is 4.98 Å². The van der Waals surface area contributed by atoms with E-state index in [9.17, 15) is 15.0 Å². The average Bonchev–Trinajstić information content (AvgIpc) is 2.61. The van der Waals surface area contributed by atoms with Crippen LogP contribution in [0.5, 0.6) is 0 Å². The van der Waals surface area contributed by atoms with Gasteiger partial charge in [0.25, 0.3) is 0 Å². The molecule has 0 aliphatic carbocycles. The number of aryl methyl sites for hydroxylation is 1. The minimum absolute atomic E-state index is 0.0465. The van der Waals surface area contributed by atoms with Crippen molar-refractivity contribution >= 4 is 5.82 Å². The van der Waals surface area contributed by atoms with E-state index in [0.717, 1.165) is 4.57 Å². The molecule has 1 fully saturated rings. The molecule has 0 saturated carbocycles. The third-order valence-corrected chi connectivity index (χ3v) is 3.02. The maximum atomic E-state index is 11.7. The van der Waals surface area contributed by atoms with Crippen LogP contribution in [0.25, 0.3) is 0 Å². The molecule has 4 atom stereocenters. The van der Waals surface area contributed by atoms with Gasteiger partial charge < -0.3 is 26.4 Å². The molecular formula is C10H16N4O4. The predicted molar refractivity (Wildman–Crippen MR) is 62.6 cm³/mol. The summed E-state index contributed by atoms with van der Waals surface area (Å²) in [5, 5.41) is 19.5. The average molecular weight is 256 g/mol. The molecule has 0 aromatic carbocycles. The fourth-order valence-electron chi connectivity index (χ4n) is 1.92. The number of aliphatic hydroxyl groups excluding tert-OH is 2. The summed E-state index contributed by atoms with van der Waals surface area (Å²) in [6, 6.07) is 0. The molecule has 1 aromatic rings. The Kier molecular flexibility index (Phi) is 3.35. The first kappa shape index (κ1) is 13.0. The summed E-state index contributed by atoms with van der Waals surface area (Å²) in [6.07, 6.45) is -2.65. The monoisotopic (exact) mass is 256 g/mol. The number of aromatic nitrogens is 2. The van der Waals surface area contributed by atoms with Gasteiger partial charge in [-0.2, -0.15) is 4.98 Å². The topological polar surface area (TPSA) is 137 Å². The summed E-state index contributed by atoms with van der Waals surface area (Å²) >= 11 is 0. The van der Waals surface area contributed by atoms with Crippen molar-refractivity contribution in [2.24, 2.45) is 5.73 Å². The van der Waals surface area contributed by atoms with Gasteiger partial charge in [-0.3, -0.25) is 4.57 Å². The zero-order chi connectivity index (χ0) is 13.4. The van der Waals surface area contributed by atoms with Crippen molar-refractivity contribution in [1.82, 2.24) is 9.55 Å². The Balaban J connectivity index is 2.39. The molecular weight excluding hydrogens is 240 g/mol. The lowest BCUT2D eigenvalue weighted by molar-refractivity contribution is -0.0372. The van der Waals surface area contributed by atoms with Crippen molar-refractivity contribution < 1.29 is 14.9 Å². The quantitative estimate of drug-likeness (QED) is 0.467. The number of nitrogens with zero attached hydrogens (tertiary/aromatic N) is 2. The summed E-state index contributed by atoms with van der Waals surface area (Å²) in [6.45, 7) is 1.72. The van der Waals surface area contributed by atoms with Crippen LogP contribution in [-0.2, 0) is 4.74 Å². The van der Waals surface area contributed by atoms with E-state index in [1.807, 2.05) is 0 Å². The third kappa shape index (κ3) is 1.99. The zero-order valence-electron chi connectivity index (χ0n) is 9.85. The second kappa shape index (κ2) is 4.65. The lowest BCUT2D eigenvalue weighted by atomic mass is 10.1. The molecule has 1 aromatic heterocycles. The van der Waals surface area contributed by atoms with Crippen molar-refractivity contribution in [2.75, 3.05) is 12.3 Å². The fraction of sp³-hybridized carbons (Fsp3) is 0.600. The molecule has 100 valence electrons. The van der Waals surface area contributed by atoms with Gasteiger partial charge in [-0.05, 0) is 6.92 Å². The zero-order valence-corrected chi connectivity index (χ0v) is 9.85. The van der Waals surface area contributed by atoms with Crippen molar-refractivity contribution in [3.8, 4) is 0 Å². The molecule has 2 rings (SSSR count). The SMILES string of the molecule is Cc1cn([C@@H]2O[C@H](CN)C(O)[C@@H]2O)c(=O)nc1N. The highest BCUT2D eigenvalue weighted by Gasteiger charge is 2.43. The van der Waals surface area contributed by atoms with Crippen molar-refractivity contribution in [3.63, 3.8) is 0 Å². The van der Waals surface area contributed by atoms with Gasteiger partial charge in [0, 0.05) is 18.3 Å². The predicted octanol–water partition coefficient (Wildman–Crippen LogP) is -2.29. The van der Waals surface area contributed by atoms with Crippen molar-refractivity contribution in [1.29, 1.82) is 0 Å². The fourth-order valence-corrected chi connectivity index (χ4v) is 1.92. The van der Waals surface area contributed by atoms with E-state index >= 15 is 0 Å².